The first-order valence-electron chi connectivity index (χ1n) is 50.1. The number of halogens is 4. The number of carbonyl (C=O) groups excluding carboxylic acids is 1. The molecule has 7 N–H and O–H groups in total. The monoisotopic (exact) mass is 2200 g/mol. The lowest BCUT2D eigenvalue weighted by Gasteiger charge is -2.37. The van der Waals surface area contributed by atoms with Crippen LogP contribution in [-0.4, -0.2) is 220 Å². The number of ether oxygens (including phenoxy) is 1. The highest BCUT2D eigenvalue weighted by molar-refractivity contribution is 7.99. The van der Waals surface area contributed by atoms with E-state index in [-0.39, 0.29) is 80.7 Å². The normalized spacial score (nSPS) is 15.5. The van der Waals surface area contributed by atoms with Crippen LogP contribution in [0.3, 0.4) is 0 Å². The fourth-order valence-electron chi connectivity index (χ4n) is 20.3. The number of sulfone groups is 2. The maximum atomic E-state index is 15.8. The van der Waals surface area contributed by atoms with Gasteiger partial charge >= 0.3 is 19.5 Å². The predicted molar refractivity (Wildman–Crippen MR) is 600 cm³/mol. The minimum atomic E-state index is -4.13. The number of anilines is 8. The van der Waals surface area contributed by atoms with Crippen LogP contribution >= 0.6 is 54.3 Å². The van der Waals surface area contributed by atoms with Crippen molar-refractivity contribution in [1.82, 2.24) is 18.9 Å². The van der Waals surface area contributed by atoms with Gasteiger partial charge < -0.3 is 68.8 Å². The Kier molecular flexibility index (Phi) is 37.1. The molecule has 12 aromatic rings. The zero-order valence-corrected chi connectivity index (χ0v) is 92.6. The fraction of sp³-hybridized carbons (Fsp3) is 0.369. The molecule has 0 aliphatic carbocycles. The molecule has 16 rings (SSSR count). The number of benzene rings is 10. The third kappa shape index (κ3) is 29.1. The number of piperazine rings is 2. The van der Waals surface area contributed by atoms with Gasteiger partial charge in [-0.1, -0.05) is 83.9 Å². The van der Waals surface area contributed by atoms with Gasteiger partial charge in [-0.05, 0) is 330 Å². The van der Waals surface area contributed by atoms with E-state index in [1.54, 1.807) is 110 Å². The molecule has 0 amide bonds. The molecule has 2 atom stereocenters. The molecule has 4 saturated heterocycles. The lowest BCUT2D eigenvalue weighted by molar-refractivity contribution is -0.150. The van der Waals surface area contributed by atoms with E-state index in [9.17, 15) is 52.9 Å². The number of piperidine rings is 2. The Morgan fingerprint density at radius 1 is 0.450 bits per heavy atom. The van der Waals surface area contributed by atoms with Crippen molar-refractivity contribution in [2.45, 2.75) is 154 Å². The van der Waals surface area contributed by atoms with Gasteiger partial charge in [-0.2, -0.15) is 0 Å². The Bertz CT molecular complexity index is 7260. The summed E-state index contributed by atoms with van der Waals surface area (Å²) in [5.74, 6) is -0.951. The molecule has 0 bridgehead atoms. The molecule has 4 aliphatic rings. The van der Waals surface area contributed by atoms with Gasteiger partial charge in [0.25, 0.3) is 20.0 Å². The van der Waals surface area contributed by atoms with E-state index in [1.165, 1.54) is 41.7 Å². The van der Waals surface area contributed by atoms with Gasteiger partial charge in [0.2, 0.25) is 0 Å². The number of likely N-dealkylation sites (tertiary alicyclic amines) is 2. The van der Waals surface area contributed by atoms with Gasteiger partial charge in [0.15, 0.2) is 19.7 Å². The SMILES string of the molecule is Cc1cc(S(=O)(=O)Nc2ccc(N3CCN(c4cc(F)cc(-c5c(S(C)(=O)=O)c(C)n(C(C)C)c5-c5ccc(Cl)cc5)c4)CC3)cc2)ccc1N[C@H](CCN1CCC(C(=O)O)CC1)CSc1ccccc1.Cc1cc(S(=O)(=O)Nc2ccc(N3CCN(c4cc(F)cc(-c5c(S(C)(=O)=O)c(C)n(C(C)C)c5-c5ccc(Cl)cc5)c4)CC3)cc2)ccc1N[C@H](CCN1CCC(C(=O)OCCCP(=O)(O)O)CC1)CSc1ccccc1. The summed E-state index contributed by atoms with van der Waals surface area (Å²) < 4.78 is 167. The number of aliphatic carboxylic acids is 1. The van der Waals surface area contributed by atoms with Crippen LogP contribution < -0.4 is 39.7 Å². The topological polar surface area (TPSA) is 335 Å². The summed E-state index contributed by atoms with van der Waals surface area (Å²) in [7, 11) is -19.5. The van der Waals surface area contributed by atoms with Crippen LogP contribution in [0, 0.1) is 51.2 Å². The largest absolute Gasteiger partial charge is 0.481 e. The highest BCUT2D eigenvalue weighted by atomic mass is 35.5. The number of aryl methyl sites for hydroxylation is 2. The van der Waals surface area contributed by atoms with Crippen LogP contribution in [0.15, 0.2) is 260 Å². The van der Waals surface area contributed by atoms with Gasteiger partial charge in [-0.3, -0.25) is 23.6 Å². The standard InChI is InChI=1S/C57H69ClFN6O9PS3.C54H62ClFN6O6S3/c1-39(2)65-41(4)56(77(5,70)71)54(55(65)42-12-14-45(58)15-13-42)44-35-46(59)37-50(36-44)64-30-28-63(29-31-64)49-18-16-47(17-19-49)61-78(72,73)52-20-21-53(40(3)34-52)60-48(38-76-51-10-7-6-8-11-51)24-27-62-25-22-43(23-26-62)57(66)74-32-9-33-75(67,68)69;1-36(2)62-38(4)53(70(5,65)66)51(52(62)39-11-13-42(55)14-12-39)41-32-43(56)34-47(33-41)61-29-27-60(28-30-61)46-17-15-44(16-18-46)58-71(67,68)49-19-20-50(37(3)31-49)57-45(35-69-48-9-7-6-8-10-48)23-26-59-24-21-40(22-25-59)54(63)64/h6-8,10-21,34-37,39,43,48,60-61H,9,22-33,38H2,1-5H3,(H2,67,68,69);6-20,31-34,36,40,45,57-58H,21-30,35H2,1-5H3,(H,63,64)/t48-;45-/m11/s1. The minimum absolute atomic E-state index is 0.00863. The van der Waals surface area contributed by atoms with Crippen LogP contribution in [0.25, 0.3) is 44.8 Å². The number of carbonyl (C=O) groups is 2. The number of carboxylic acid groups (broad SMARTS) is 1. The quantitative estimate of drug-likeness (QED) is 0.00812. The Hall–Kier alpha value is -10.9. The second-order valence-corrected chi connectivity index (χ2v) is 51.5. The summed E-state index contributed by atoms with van der Waals surface area (Å²) in [6, 6.07) is 69.0. The second kappa shape index (κ2) is 49.2. The molecule has 0 saturated carbocycles. The Balaban J connectivity index is 0.000000224. The highest BCUT2D eigenvalue weighted by Gasteiger charge is 2.36. The molecule has 794 valence electrons. The van der Waals surface area contributed by atoms with Crippen LogP contribution in [0.1, 0.15) is 107 Å². The number of hydrogen-bond donors (Lipinski definition) is 7. The Labute approximate surface area is 893 Å². The zero-order valence-electron chi connectivity index (χ0n) is 85.3. The summed E-state index contributed by atoms with van der Waals surface area (Å²) in [6.07, 6.45) is 6.42. The fourth-order valence-corrected chi connectivity index (χ4v) is 27.8. The first kappa shape index (κ1) is 112. The number of thioether (sulfide) groups is 2. The smallest absolute Gasteiger partial charge is 0.325 e. The Morgan fingerprint density at radius 2 is 0.805 bits per heavy atom. The summed E-state index contributed by atoms with van der Waals surface area (Å²) in [5, 5.41) is 17.9. The van der Waals surface area contributed by atoms with Crippen molar-refractivity contribution in [2.24, 2.45) is 11.8 Å². The van der Waals surface area contributed by atoms with Gasteiger partial charge in [0, 0.05) is 201 Å². The molecule has 38 heteroatoms. The summed E-state index contributed by atoms with van der Waals surface area (Å²) in [5.41, 5.74) is 13.1. The van der Waals surface area contributed by atoms with E-state index in [0.29, 0.717) is 156 Å². The summed E-state index contributed by atoms with van der Waals surface area (Å²) in [6.45, 7) is 24.6. The van der Waals surface area contributed by atoms with Crippen LogP contribution in [0.2, 0.25) is 10.0 Å². The van der Waals surface area contributed by atoms with Crippen molar-refractivity contribution in [3.63, 3.8) is 0 Å². The molecule has 2 aromatic heterocycles. The van der Waals surface area contributed by atoms with Gasteiger partial charge in [0.1, 0.15) is 11.6 Å². The average molecular weight is 2210 g/mol. The highest BCUT2D eigenvalue weighted by Crippen LogP contribution is 2.48. The summed E-state index contributed by atoms with van der Waals surface area (Å²) in [4.78, 5) is 58.4. The maximum Gasteiger partial charge on any atom is 0.325 e. The maximum absolute atomic E-state index is 15.8. The van der Waals surface area contributed by atoms with Crippen LogP contribution in [0.5, 0.6) is 0 Å². The molecule has 0 spiro atoms. The number of sulfonamides is 2. The van der Waals surface area contributed by atoms with Crippen molar-refractivity contribution in [3.8, 4) is 44.8 Å². The molecule has 0 radical (unpaired) electrons. The first-order valence-corrected chi connectivity index (χ1v) is 61.4. The van der Waals surface area contributed by atoms with Gasteiger partial charge in [-0.15, -0.1) is 23.5 Å². The first-order chi connectivity index (χ1) is 70.9. The van der Waals surface area contributed by atoms with Crippen molar-refractivity contribution in [1.29, 1.82) is 0 Å². The molecular formula is C111H131Cl2F2N12O15PS6. The van der Waals surface area contributed by atoms with Crippen LogP contribution in [-0.2, 0) is 58.6 Å². The average Bonchev–Trinajstić information content (AvgIpc) is 1.58. The minimum Gasteiger partial charge on any atom is -0.481 e. The number of nitrogens with zero attached hydrogens (tertiary/aromatic N) is 8. The third-order valence-corrected chi connectivity index (χ3v) is 36.8. The van der Waals surface area contributed by atoms with E-state index in [2.05, 4.69) is 73.7 Å². The van der Waals surface area contributed by atoms with E-state index in [4.69, 9.17) is 37.7 Å². The number of esters is 1. The van der Waals surface area contributed by atoms with Crippen molar-refractivity contribution < 1.29 is 76.2 Å². The van der Waals surface area contributed by atoms with E-state index in [1.807, 2.05) is 160 Å². The van der Waals surface area contributed by atoms with E-state index >= 15 is 8.78 Å². The zero-order chi connectivity index (χ0) is 107. The molecule has 6 heterocycles. The number of nitrogens with one attached hydrogen (secondary N) is 4. The van der Waals surface area contributed by atoms with Gasteiger partial charge in [-0.25, -0.2) is 42.5 Å². The summed E-state index contributed by atoms with van der Waals surface area (Å²) >= 11 is 16.0. The van der Waals surface area contributed by atoms with E-state index < -0.39 is 64.9 Å². The lowest BCUT2D eigenvalue weighted by atomic mass is 9.96. The molecule has 27 nitrogen and oxygen atoms in total. The molecule has 149 heavy (non-hydrogen) atoms. The third-order valence-electron chi connectivity index (χ3n) is 27.8. The second-order valence-electron chi connectivity index (χ2n) is 39.4. The van der Waals surface area contributed by atoms with Gasteiger partial charge in [0.05, 0.1) is 55.6 Å². The Morgan fingerprint density at radius 3 is 1.14 bits per heavy atom. The lowest BCUT2D eigenvalue weighted by Crippen LogP contribution is -2.46. The number of aromatic nitrogens is 2. The molecule has 4 aliphatic heterocycles. The molecule has 4 fully saturated rings. The predicted octanol–water partition coefficient (Wildman–Crippen LogP) is 22.2. The molecule has 10 aromatic carbocycles. The number of carboxylic acids is 1. The van der Waals surface area contributed by atoms with Crippen molar-refractivity contribution >= 4 is 151 Å². The van der Waals surface area contributed by atoms with Crippen molar-refractivity contribution in [3.05, 3.63) is 275 Å². The van der Waals surface area contributed by atoms with Crippen LogP contribution in [0.4, 0.5) is 54.3 Å². The van der Waals surface area contributed by atoms with E-state index in [0.717, 1.165) is 114 Å². The number of rotatable bonds is 40. The van der Waals surface area contributed by atoms with Crippen molar-refractivity contribution in [2.75, 3.05) is 168 Å². The molecule has 0 unspecified atom stereocenters. The number of hydrogen-bond acceptors (Lipinski definition) is 22. The molecular weight excluding hydrogens is 2070 g/mol.